The molecule has 1 amide bonds. The number of terminal acetylenes is 1. The van der Waals surface area contributed by atoms with Gasteiger partial charge >= 0.3 is 0 Å². The summed E-state index contributed by atoms with van der Waals surface area (Å²) >= 11 is 3.32. The summed E-state index contributed by atoms with van der Waals surface area (Å²) in [5.41, 5.74) is 1.80. The van der Waals surface area contributed by atoms with E-state index in [1.807, 2.05) is 25.0 Å². The quantitative estimate of drug-likeness (QED) is 0.747. The first-order valence-corrected chi connectivity index (χ1v) is 4.46. The third kappa shape index (κ3) is 2.60. The molecule has 1 rings (SSSR count). The molecule has 1 N–H and O–H groups in total. The fraction of sp³-hybridized carbons (Fsp3) is 0.100. The average molecular weight is 238 g/mol. The van der Waals surface area contributed by atoms with Crippen molar-refractivity contribution in [3.63, 3.8) is 0 Å². The normalized spacial score (nSPS) is 9.00. The lowest BCUT2D eigenvalue weighted by Gasteiger charge is -2.04. The standard InChI is InChI=1S/C10H8BrNO/c1-3-10(13)12-9-5-4-7(2)6-8(9)11/h1,4-6H,2H3,(H,12,13). The first-order valence-electron chi connectivity index (χ1n) is 3.67. The lowest BCUT2D eigenvalue weighted by atomic mass is 10.2. The summed E-state index contributed by atoms with van der Waals surface area (Å²) in [5, 5.41) is 2.57. The molecule has 3 heteroatoms. The Morgan fingerprint density at radius 2 is 2.31 bits per heavy atom. The summed E-state index contributed by atoms with van der Waals surface area (Å²) in [7, 11) is 0. The van der Waals surface area contributed by atoms with Crippen molar-refractivity contribution in [1.29, 1.82) is 0 Å². The van der Waals surface area contributed by atoms with E-state index in [9.17, 15) is 4.79 Å². The molecule has 0 saturated carbocycles. The maximum Gasteiger partial charge on any atom is 0.300 e. The van der Waals surface area contributed by atoms with E-state index in [4.69, 9.17) is 6.42 Å². The minimum atomic E-state index is -0.440. The van der Waals surface area contributed by atoms with Crippen LogP contribution in [0.4, 0.5) is 5.69 Å². The largest absolute Gasteiger partial charge is 0.314 e. The Balaban J connectivity index is 2.91. The number of amides is 1. The van der Waals surface area contributed by atoms with Gasteiger partial charge in [-0.1, -0.05) is 6.07 Å². The number of aryl methyl sites for hydroxylation is 1. The molecule has 0 atom stereocenters. The van der Waals surface area contributed by atoms with Crippen molar-refractivity contribution in [1.82, 2.24) is 0 Å². The van der Waals surface area contributed by atoms with Gasteiger partial charge in [-0.3, -0.25) is 4.79 Å². The summed E-state index contributed by atoms with van der Waals surface area (Å²) < 4.78 is 0.830. The minimum absolute atomic E-state index is 0.440. The minimum Gasteiger partial charge on any atom is -0.314 e. The maximum atomic E-state index is 10.9. The summed E-state index contributed by atoms with van der Waals surface area (Å²) in [5.74, 6) is 1.54. The van der Waals surface area contributed by atoms with Crippen LogP contribution in [0, 0.1) is 19.3 Å². The summed E-state index contributed by atoms with van der Waals surface area (Å²) in [6.07, 6.45) is 4.92. The molecule has 2 nitrogen and oxygen atoms in total. The van der Waals surface area contributed by atoms with Gasteiger partial charge in [0.05, 0.1) is 5.69 Å². The van der Waals surface area contributed by atoms with Gasteiger partial charge in [0.25, 0.3) is 5.91 Å². The van der Waals surface area contributed by atoms with E-state index in [-0.39, 0.29) is 0 Å². The van der Waals surface area contributed by atoms with Crippen molar-refractivity contribution in [2.24, 2.45) is 0 Å². The van der Waals surface area contributed by atoms with Gasteiger partial charge in [0.2, 0.25) is 0 Å². The van der Waals surface area contributed by atoms with Crippen LogP contribution in [-0.2, 0) is 4.79 Å². The lowest BCUT2D eigenvalue weighted by Crippen LogP contribution is -2.08. The van der Waals surface area contributed by atoms with Gasteiger partial charge in [-0.05, 0) is 46.5 Å². The van der Waals surface area contributed by atoms with E-state index in [2.05, 4.69) is 21.2 Å². The van der Waals surface area contributed by atoms with Crippen molar-refractivity contribution in [2.75, 3.05) is 5.32 Å². The van der Waals surface area contributed by atoms with Gasteiger partial charge in [-0.2, -0.15) is 0 Å². The summed E-state index contributed by atoms with van der Waals surface area (Å²) in [6.45, 7) is 1.97. The molecule has 0 aliphatic carbocycles. The molecule has 0 radical (unpaired) electrons. The Morgan fingerprint density at radius 1 is 1.62 bits per heavy atom. The summed E-state index contributed by atoms with van der Waals surface area (Å²) in [6, 6.07) is 5.61. The van der Waals surface area contributed by atoms with Crippen LogP contribution >= 0.6 is 15.9 Å². The van der Waals surface area contributed by atoms with Crippen molar-refractivity contribution < 1.29 is 4.79 Å². The Morgan fingerprint density at radius 3 is 2.85 bits per heavy atom. The predicted molar refractivity (Wildman–Crippen MR) is 56.3 cm³/mol. The van der Waals surface area contributed by atoms with Crippen molar-refractivity contribution in [3.05, 3.63) is 28.2 Å². The smallest absolute Gasteiger partial charge is 0.300 e. The zero-order chi connectivity index (χ0) is 9.84. The molecular weight excluding hydrogens is 230 g/mol. The van der Waals surface area contributed by atoms with E-state index in [0.29, 0.717) is 5.69 Å². The predicted octanol–water partition coefficient (Wildman–Crippen LogP) is 2.33. The van der Waals surface area contributed by atoms with Gasteiger partial charge in [-0.15, -0.1) is 6.42 Å². The first kappa shape index (κ1) is 9.82. The number of nitrogens with one attached hydrogen (secondary N) is 1. The zero-order valence-electron chi connectivity index (χ0n) is 7.10. The fourth-order valence-corrected chi connectivity index (χ4v) is 1.47. The van der Waals surface area contributed by atoms with E-state index in [1.165, 1.54) is 0 Å². The van der Waals surface area contributed by atoms with Gasteiger partial charge in [0.1, 0.15) is 0 Å². The number of halogens is 1. The number of carbonyl (C=O) groups excluding carboxylic acids is 1. The molecule has 0 fully saturated rings. The molecule has 0 aromatic heterocycles. The van der Waals surface area contributed by atoms with E-state index >= 15 is 0 Å². The molecule has 0 saturated heterocycles. The number of anilines is 1. The van der Waals surface area contributed by atoms with Gasteiger partial charge in [0, 0.05) is 4.47 Å². The zero-order valence-corrected chi connectivity index (χ0v) is 8.68. The van der Waals surface area contributed by atoms with Crippen molar-refractivity contribution in [2.45, 2.75) is 6.92 Å². The molecule has 66 valence electrons. The van der Waals surface area contributed by atoms with Crippen LogP contribution in [0.3, 0.4) is 0 Å². The van der Waals surface area contributed by atoms with E-state index < -0.39 is 5.91 Å². The highest BCUT2D eigenvalue weighted by molar-refractivity contribution is 9.10. The van der Waals surface area contributed by atoms with Crippen LogP contribution in [0.15, 0.2) is 22.7 Å². The summed E-state index contributed by atoms with van der Waals surface area (Å²) in [4.78, 5) is 10.9. The molecule has 0 aliphatic heterocycles. The molecule has 0 heterocycles. The van der Waals surface area contributed by atoms with E-state index in [1.54, 1.807) is 6.07 Å². The van der Waals surface area contributed by atoms with Crippen LogP contribution in [0.5, 0.6) is 0 Å². The van der Waals surface area contributed by atoms with Crippen LogP contribution < -0.4 is 5.32 Å². The molecule has 0 bridgehead atoms. The van der Waals surface area contributed by atoms with Crippen LogP contribution in [-0.4, -0.2) is 5.91 Å². The second-order valence-electron chi connectivity index (χ2n) is 2.58. The van der Waals surface area contributed by atoms with Crippen LogP contribution in [0.1, 0.15) is 5.56 Å². The number of hydrogen-bond acceptors (Lipinski definition) is 1. The molecule has 0 spiro atoms. The number of carbonyl (C=O) groups is 1. The molecule has 0 unspecified atom stereocenters. The fourth-order valence-electron chi connectivity index (χ4n) is 0.880. The molecule has 13 heavy (non-hydrogen) atoms. The van der Waals surface area contributed by atoms with Gasteiger partial charge in [-0.25, -0.2) is 0 Å². The molecule has 0 aliphatic rings. The second-order valence-corrected chi connectivity index (χ2v) is 3.44. The molecule has 1 aromatic rings. The molecular formula is C10H8BrNO. The highest BCUT2D eigenvalue weighted by Crippen LogP contribution is 2.22. The number of rotatable bonds is 1. The Kier molecular flexibility index (Phi) is 3.10. The Bertz CT molecular complexity index is 379. The topological polar surface area (TPSA) is 29.1 Å². The monoisotopic (exact) mass is 237 g/mol. The number of benzene rings is 1. The van der Waals surface area contributed by atoms with Crippen molar-refractivity contribution in [3.8, 4) is 12.3 Å². The van der Waals surface area contributed by atoms with Crippen LogP contribution in [0.2, 0.25) is 0 Å². The highest BCUT2D eigenvalue weighted by Gasteiger charge is 2.01. The van der Waals surface area contributed by atoms with Crippen molar-refractivity contribution >= 4 is 27.5 Å². The Hall–Kier alpha value is -1.27. The van der Waals surface area contributed by atoms with Gasteiger partial charge in [0.15, 0.2) is 0 Å². The second kappa shape index (κ2) is 4.11. The SMILES string of the molecule is C#CC(=O)Nc1ccc(C)cc1Br. The van der Waals surface area contributed by atoms with Gasteiger partial charge < -0.3 is 5.32 Å². The third-order valence-corrected chi connectivity index (χ3v) is 2.16. The maximum absolute atomic E-state index is 10.9. The van der Waals surface area contributed by atoms with E-state index in [0.717, 1.165) is 10.0 Å². The average Bonchev–Trinajstić information content (AvgIpc) is 2.09. The first-order chi connectivity index (χ1) is 6.13. The molecule has 1 aromatic carbocycles. The number of hydrogen-bond donors (Lipinski definition) is 1. The van der Waals surface area contributed by atoms with Crippen LogP contribution in [0.25, 0.3) is 0 Å². The highest BCUT2D eigenvalue weighted by atomic mass is 79.9. The third-order valence-electron chi connectivity index (χ3n) is 1.50. The lowest BCUT2D eigenvalue weighted by molar-refractivity contribution is -0.111. The Labute approximate surface area is 85.5 Å².